The van der Waals surface area contributed by atoms with Crippen molar-refractivity contribution in [3.05, 3.63) is 34.7 Å². The molecule has 9 nitrogen and oxygen atoms in total. The van der Waals surface area contributed by atoms with Gasteiger partial charge in [-0.2, -0.15) is 15.0 Å². The zero-order valence-electron chi connectivity index (χ0n) is 21.2. The molecule has 178 valence electrons. The maximum absolute atomic E-state index is 6.18. The van der Waals surface area contributed by atoms with E-state index in [1.165, 1.54) is 4.79 Å². The van der Waals surface area contributed by atoms with Crippen LogP contribution in [0.2, 0.25) is 0 Å². The summed E-state index contributed by atoms with van der Waals surface area (Å²) in [5, 5.41) is 15.4. The number of aromatic nitrogens is 5. The average Bonchev–Trinajstić information content (AvgIpc) is 3.28. The van der Waals surface area contributed by atoms with Crippen LogP contribution in [0.4, 0.5) is 5.82 Å². The lowest BCUT2D eigenvalue weighted by molar-refractivity contribution is 0.517. The van der Waals surface area contributed by atoms with Gasteiger partial charge >= 0.3 is 0 Å². The third-order valence-electron chi connectivity index (χ3n) is 5.99. The number of hydrazone groups is 1. The Kier molecular flexibility index (Phi) is 7.09. The summed E-state index contributed by atoms with van der Waals surface area (Å²) in [6.07, 6.45) is 2.04. The van der Waals surface area contributed by atoms with Crippen molar-refractivity contribution in [2.24, 2.45) is 5.10 Å². The Balaban J connectivity index is 2.45. The Labute approximate surface area is 196 Å². The number of imidazole rings is 1. The largest absolute Gasteiger partial charge is 0.352 e. The fraction of sp³-hybridized carbons (Fsp3) is 0.500. The molecular weight excluding hydrogens is 414 g/mol. The lowest BCUT2D eigenvalue weighted by Crippen LogP contribution is -2.34. The molecule has 3 heterocycles. The van der Waals surface area contributed by atoms with Crippen LogP contribution in [0, 0.1) is 13.8 Å². The fourth-order valence-electron chi connectivity index (χ4n) is 4.28. The molecule has 1 atom stereocenters. The first-order chi connectivity index (χ1) is 15.6. The fourth-order valence-corrected chi connectivity index (χ4v) is 4.28. The van der Waals surface area contributed by atoms with E-state index in [1.54, 1.807) is 0 Å². The normalized spacial score (nSPS) is 12.1. The van der Waals surface area contributed by atoms with E-state index < -0.39 is 0 Å². The van der Waals surface area contributed by atoms with E-state index in [0.717, 1.165) is 58.9 Å². The molecule has 3 aromatic rings. The Bertz CT molecular complexity index is 1180. The zero-order valence-corrected chi connectivity index (χ0v) is 21.2. The molecule has 0 aliphatic carbocycles. The van der Waals surface area contributed by atoms with Crippen molar-refractivity contribution >= 4 is 23.7 Å². The lowest BCUT2D eigenvalue weighted by atomic mass is 10.1. The molecule has 0 fully saturated rings. The van der Waals surface area contributed by atoms with Crippen LogP contribution >= 0.6 is 0 Å². The topological polar surface area (TPSA) is 92.9 Å². The van der Waals surface area contributed by atoms with Crippen LogP contribution in [0.1, 0.15) is 64.4 Å². The maximum atomic E-state index is 6.18. The van der Waals surface area contributed by atoms with Crippen LogP contribution in [0.3, 0.4) is 0 Å². The number of nitrogens with zero attached hydrogens (tertiary/aromatic N) is 8. The number of nitrogens with two attached hydrogens (primary N) is 1. The van der Waals surface area contributed by atoms with Crippen LogP contribution in [-0.4, -0.2) is 55.8 Å². The van der Waals surface area contributed by atoms with Crippen molar-refractivity contribution in [3.8, 4) is 11.5 Å². The van der Waals surface area contributed by atoms with E-state index in [2.05, 4.69) is 62.5 Å². The molecule has 0 aliphatic heterocycles. The third-order valence-corrected chi connectivity index (χ3v) is 5.99. The van der Waals surface area contributed by atoms with E-state index in [1.807, 2.05) is 36.5 Å². The molecule has 1 unspecified atom stereocenters. The monoisotopic (exact) mass is 451 g/mol. The van der Waals surface area contributed by atoms with Crippen LogP contribution in [0.25, 0.3) is 22.7 Å². The molecule has 0 bridgehead atoms. The summed E-state index contributed by atoms with van der Waals surface area (Å²) in [4.78, 5) is 8.62. The number of rotatable bonds is 9. The number of aryl methyl sites for hydroxylation is 2. The minimum Gasteiger partial charge on any atom is -0.352 e. The van der Waals surface area contributed by atoms with Gasteiger partial charge in [0.15, 0.2) is 11.6 Å². The Hall–Kier alpha value is -3.36. The first-order valence-corrected chi connectivity index (χ1v) is 11.5. The summed E-state index contributed by atoms with van der Waals surface area (Å²) in [7, 11) is 1.91. The van der Waals surface area contributed by atoms with Gasteiger partial charge in [0.2, 0.25) is 0 Å². The van der Waals surface area contributed by atoms with Crippen molar-refractivity contribution in [3.63, 3.8) is 0 Å². The Morgan fingerprint density at radius 1 is 1.21 bits per heavy atom. The van der Waals surface area contributed by atoms with Gasteiger partial charge in [0, 0.05) is 31.9 Å². The summed E-state index contributed by atoms with van der Waals surface area (Å²) < 4.78 is 1.91. The number of fused-ring (bicyclic) bond motifs is 1. The van der Waals surface area contributed by atoms with E-state index >= 15 is 0 Å². The molecule has 0 aliphatic rings. The molecule has 2 N–H and O–H groups in total. The van der Waals surface area contributed by atoms with Gasteiger partial charge in [0.05, 0.1) is 22.6 Å². The quantitative estimate of drug-likeness (QED) is 0.297. The number of hydrogen-bond acceptors (Lipinski definition) is 7. The highest BCUT2D eigenvalue weighted by molar-refractivity contribution is 5.83. The highest BCUT2D eigenvalue weighted by Gasteiger charge is 2.25. The average molecular weight is 452 g/mol. The number of nitrogen functional groups attached to an aromatic ring is 1. The number of hydrogen-bond donors (Lipinski definition) is 1. The maximum Gasteiger partial charge on any atom is 0.182 e. The first kappa shape index (κ1) is 24.3. The third kappa shape index (κ3) is 4.44. The molecule has 0 radical (unpaired) electrons. The summed E-state index contributed by atoms with van der Waals surface area (Å²) in [6.45, 7) is 19.4. The SMILES string of the molecule is C=NN(C)C(=C(C)C)c1cc(N(CCC)C(C)CC)nn2c(-c3cc(C)nn3N)nc(C)c12. The van der Waals surface area contributed by atoms with Gasteiger partial charge in [0.25, 0.3) is 0 Å². The molecule has 3 rings (SSSR count). The van der Waals surface area contributed by atoms with E-state index in [4.69, 9.17) is 15.9 Å². The molecule has 3 aromatic heterocycles. The van der Waals surface area contributed by atoms with Gasteiger partial charge in [-0.15, -0.1) is 5.10 Å². The predicted octanol–water partition coefficient (Wildman–Crippen LogP) is 4.24. The van der Waals surface area contributed by atoms with E-state index in [9.17, 15) is 0 Å². The number of anilines is 1. The molecule has 33 heavy (non-hydrogen) atoms. The van der Waals surface area contributed by atoms with Crippen molar-refractivity contribution < 1.29 is 0 Å². The standard InChI is InChI=1S/C24H37N9/c1-10-12-31(17(6)11-2)21-14-19(22(15(3)4)30(9)26-8)23-18(7)27-24(32(23)29-21)20-13-16(5)28-33(20)25/h13-14,17H,8,10-12,25H2,1-7,9H3. The van der Waals surface area contributed by atoms with Gasteiger partial charge in [-0.05, 0) is 59.6 Å². The Morgan fingerprint density at radius 2 is 1.91 bits per heavy atom. The summed E-state index contributed by atoms with van der Waals surface area (Å²) >= 11 is 0. The second-order valence-electron chi connectivity index (χ2n) is 8.78. The molecule has 0 saturated carbocycles. The van der Waals surface area contributed by atoms with Gasteiger partial charge in [-0.25, -0.2) is 9.50 Å². The van der Waals surface area contributed by atoms with Crippen LogP contribution in [-0.2, 0) is 0 Å². The Morgan fingerprint density at radius 3 is 2.42 bits per heavy atom. The van der Waals surface area contributed by atoms with Crippen molar-refractivity contribution in [1.29, 1.82) is 0 Å². The van der Waals surface area contributed by atoms with Crippen molar-refractivity contribution in [2.75, 3.05) is 24.3 Å². The summed E-state index contributed by atoms with van der Waals surface area (Å²) in [5.74, 6) is 7.73. The minimum absolute atomic E-state index is 0.337. The van der Waals surface area contributed by atoms with Crippen molar-refractivity contribution in [1.82, 2.24) is 29.5 Å². The first-order valence-electron chi connectivity index (χ1n) is 11.5. The molecule has 0 amide bonds. The van der Waals surface area contributed by atoms with Gasteiger partial charge in [0.1, 0.15) is 5.69 Å². The van der Waals surface area contributed by atoms with Gasteiger partial charge in [-0.1, -0.05) is 19.4 Å². The van der Waals surface area contributed by atoms with Gasteiger partial charge in [-0.3, -0.25) is 5.01 Å². The highest BCUT2D eigenvalue weighted by atomic mass is 15.5. The van der Waals surface area contributed by atoms with Crippen LogP contribution < -0.4 is 10.7 Å². The van der Waals surface area contributed by atoms with Gasteiger partial charge < -0.3 is 10.7 Å². The molecule has 9 heteroatoms. The smallest absolute Gasteiger partial charge is 0.182 e. The van der Waals surface area contributed by atoms with Crippen molar-refractivity contribution in [2.45, 2.75) is 67.3 Å². The molecule has 0 saturated heterocycles. The second kappa shape index (κ2) is 9.64. The second-order valence-corrected chi connectivity index (χ2v) is 8.78. The summed E-state index contributed by atoms with van der Waals surface area (Å²) in [6, 6.07) is 4.42. The minimum atomic E-state index is 0.337. The molecule has 0 spiro atoms. The van der Waals surface area contributed by atoms with Crippen LogP contribution in [0.5, 0.6) is 0 Å². The van der Waals surface area contributed by atoms with Crippen LogP contribution in [0.15, 0.2) is 22.8 Å². The van der Waals surface area contributed by atoms with E-state index in [-0.39, 0.29) is 0 Å². The molecular formula is C24H37N9. The lowest BCUT2D eigenvalue weighted by Gasteiger charge is -2.30. The zero-order chi connectivity index (χ0) is 24.4. The predicted molar refractivity (Wildman–Crippen MR) is 137 cm³/mol. The number of allylic oxidation sites excluding steroid dienone is 1. The van der Waals surface area contributed by atoms with E-state index in [0.29, 0.717) is 17.6 Å². The summed E-state index contributed by atoms with van der Waals surface area (Å²) in [5.41, 5.74) is 6.43. The highest BCUT2D eigenvalue weighted by Crippen LogP contribution is 2.34. The molecule has 0 aromatic carbocycles.